The van der Waals surface area contributed by atoms with E-state index in [-0.39, 0.29) is 5.56 Å². The molecule has 0 bridgehead atoms. The number of carbonyl (C=O) groups excluding carboxylic acids is 1. The highest BCUT2D eigenvalue weighted by Gasteiger charge is 2.25. The van der Waals surface area contributed by atoms with Crippen molar-refractivity contribution in [2.24, 2.45) is 0 Å². The largest absolute Gasteiger partial charge is 0.334 e. The van der Waals surface area contributed by atoms with E-state index in [1.54, 1.807) is 17.3 Å². The average molecular weight is 325 g/mol. The maximum Gasteiger partial charge on any atom is 0.257 e. The first-order valence-electron chi connectivity index (χ1n) is 7.58. The van der Waals surface area contributed by atoms with Gasteiger partial charge in [-0.2, -0.15) is 0 Å². The van der Waals surface area contributed by atoms with Gasteiger partial charge in [-0.25, -0.2) is 8.78 Å². The quantitative estimate of drug-likeness (QED) is 0.691. The van der Waals surface area contributed by atoms with Crippen molar-refractivity contribution in [1.29, 1.82) is 0 Å². The number of pyridine rings is 2. The molecular formula is C18H13F2N3O. The van der Waals surface area contributed by atoms with Crippen molar-refractivity contribution in [2.45, 2.75) is 13.0 Å². The van der Waals surface area contributed by atoms with Crippen molar-refractivity contribution in [2.75, 3.05) is 6.54 Å². The summed E-state index contributed by atoms with van der Waals surface area (Å²) in [5.74, 6) is -1.98. The molecule has 6 heteroatoms. The molecule has 3 aromatic rings. The molecule has 3 heterocycles. The van der Waals surface area contributed by atoms with E-state index in [1.807, 2.05) is 12.1 Å². The number of hydrogen-bond donors (Lipinski definition) is 0. The van der Waals surface area contributed by atoms with Crippen LogP contribution in [0.25, 0.3) is 10.9 Å². The third-order valence-corrected chi connectivity index (χ3v) is 4.21. The van der Waals surface area contributed by atoms with Gasteiger partial charge in [0.2, 0.25) is 0 Å². The Hall–Kier alpha value is -2.89. The van der Waals surface area contributed by atoms with Crippen molar-refractivity contribution in [3.8, 4) is 0 Å². The van der Waals surface area contributed by atoms with Crippen LogP contribution in [0.2, 0.25) is 0 Å². The molecule has 0 radical (unpaired) electrons. The molecule has 1 aliphatic rings. The number of halogens is 2. The number of hydrogen-bond acceptors (Lipinski definition) is 3. The Bertz CT molecular complexity index is 958. The molecule has 0 N–H and O–H groups in total. The summed E-state index contributed by atoms with van der Waals surface area (Å²) in [6, 6.07) is 6.82. The number of carbonyl (C=O) groups is 1. The molecule has 4 rings (SSSR count). The number of rotatable bonds is 1. The lowest BCUT2D eigenvalue weighted by Gasteiger charge is -2.28. The number of nitrogens with zero attached hydrogens (tertiary/aromatic N) is 3. The Morgan fingerprint density at radius 3 is 2.88 bits per heavy atom. The minimum absolute atomic E-state index is 0.115. The third-order valence-electron chi connectivity index (χ3n) is 4.21. The minimum Gasteiger partial charge on any atom is -0.334 e. The van der Waals surface area contributed by atoms with Crippen molar-refractivity contribution in [1.82, 2.24) is 14.9 Å². The van der Waals surface area contributed by atoms with Gasteiger partial charge in [0.15, 0.2) is 0 Å². The monoisotopic (exact) mass is 325 g/mol. The predicted molar refractivity (Wildman–Crippen MR) is 84.3 cm³/mol. The van der Waals surface area contributed by atoms with Crippen LogP contribution in [-0.2, 0) is 13.0 Å². The summed E-state index contributed by atoms with van der Waals surface area (Å²) in [6.45, 7) is 0.801. The second-order valence-electron chi connectivity index (χ2n) is 5.76. The molecule has 0 aliphatic carbocycles. The molecule has 0 atom stereocenters. The fraction of sp³-hybridized carbons (Fsp3) is 0.167. The molecule has 0 unspecified atom stereocenters. The summed E-state index contributed by atoms with van der Waals surface area (Å²) >= 11 is 0. The van der Waals surface area contributed by atoms with Crippen LogP contribution in [0.5, 0.6) is 0 Å². The molecule has 120 valence electrons. The van der Waals surface area contributed by atoms with Gasteiger partial charge >= 0.3 is 0 Å². The zero-order valence-electron chi connectivity index (χ0n) is 12.7. The van der Waals surface area contributed by atoms with Gasteiger partial charge in [0.05, 0.1) is 11.1 Å². The number of amides is 1. The van der Waals surface area contributed by atoms with E-state index >= 15 is 0 Å². The zero-order chi connectivity index (χ0) is 16.7. The van der Waals surface area contributed by atoms with E-state index in [9.17, 15) is 13.6 Å². The van der Waals surface area contributed by atoms with Crippen LogP contribution >= 0.6 is 0 Å². The molecule has 1 amide bonds. The standard InChI is InChI=1S/C18H13F2N3O/c19-13-1-2-14(15(20)8-13)18(24)23-6-4-17-12(10-23)7-11-9-21-5-3-16(11)22-17/h1-3,5,7-9H,4,6,10H2. The highest BCUT2D eigenvalue weighted by Crippen LogP contribution is 2.23. The van der Waals surface area contributed by atoms with Gasteiger partial charge in [0, 0.05) is 49.1 Å². The van der Waals surface area contributed by atoms with E-state index in [0.29, 0.717) is 19.5 Å². The number of benzene rings is 1. The SMILES string of the molecule is O=C(c1ccc(F)cc1F)N1CCc2nc3ccncc3cc2C1. The summed E-state index contributed by atoms with van der Waals surface area (Å²) in [6.07, 6.45) is 4.02. The van der Waals surface area contributed by atoms with Crippen LogP contribution in [0.15, 0.2) is 42.7 Å². The van der Waals surface area contributed by atoms with Crippen LogP contribution < -0.4 is 0 Å². The molecule has 0 saturated heterocycles. The van der Waals surface area contributed by atoms with Crippen LogP contribution in [0.1, 0.15) is 21.6 Å². The van der Waals surface area contributed by atoms with E-state index < -0.39 is 17.5 Å². The normalized spacial score (nSPS) is 13.8. The molecule has 24 heavy (non-hydrogen) atoms. The molecular weight excluding hydrogens is 312 g/mol. The first kappa shape index (κ1) is 14.7. The Balaban J connectivity index is 1.66. The van der Waals surface area contributed by atoms with Crippen LogP contribution in [0, 0.1) is 11.6 Å². The van der Waals surface area contributed by atoms with Gasteiger partial charge in [-0.3, -0.25) is 14.8 Å². The number of fused-ring (bicyclic) bond motifs is 2. The van der Waals surface area contributed by atoms with Gasteiger partial charge in [-0.1, -0.05) is 0 Å². The lowest BCUT2D eigenvalue weighted by atomic mass is 10.0. The van der Waals surface area contributed by atoms with Crippen molar-refractivity contribution in [3.63, 3.8) is 0 Å². The maximum atomic E-state index is 13.9. The minimum atomic E-state index is -0.841. The van der Waals surface area contributed by atoms with Crippen molar-refractivity contribution >= 4 is 16.8 Å². The Morgan fingerprint density at radius 2 is 2.04 bits per heavy atom. The van der Waals surface area contributed by atoms with E-state index in [1.165, 1.54) is 6.07 Å². The summed E-state index contributed by atoms with van der Waals surface area (Å²) in [5.41, 5.74) is 2.62. The van der Waals surface area contributed by atoms with Crippen LogP contribution in [0.3, 0.4) is 0 Å². The first-order valence-corrected chi connectivity index (χ1v) is 7.58. The first-order chi connectivity index (χ1) is 11.6. The van der Waals surface area contributed by atoms with Crippen molar-refractivity contribution < 1.29 is 13.6 Å². The lowest BCUT2D eigenvalue weighted by Crippen LogP contribution is -2.36. The van der Waals surface area contributed by atoms with Gasteiger partial charge in [0.25, 0.3) is 5.91 Å². The maximum absolute atomic E-state index is 13.9. The van der Waals surface area contributed by atoms with Gasteiger partial charge in [-0.15, -0.1) is 0 Å². The van der Waals surface area contributed by atoms with Crippen molar-refractivity contribution in [3.05, 3.63) is 71.2 Å². The summed E-state index contributed by atoms with van der Waals surface area (Å²) < 4.78 is 26.9. The smallest absolute Gasteiger partial charge is 0.257 e. The molecule has 2 aromatic heterocycles. The highest BCUT2D eigenvalue weighted by atomic mass is 19.1. The Morgan fingerprint density at radius 1 is 1.17 bits per heavy atom. The fourth-order valence-corrected chi connectivity index (χ4v) is 2.99. The Kier molecular flexibility index (Phi) is 3.45. The lowest BCUT2D eigenvalue weighted by molar-refractivity contribution is 0.0729. The molecule has 1 aromatic carbocycles. The van der Waals surface area contributed by atoms with E-state index in [4.69, 9.17) is 0 Å². The van der Waals surface area contributed by atoms with Crippen LogP contribution in [-0.4, -0.2) is 27.3 Å². The number of aromatic nitrogens is 2. The summed E-state index contributed by atoms with van der Waals surface area (Å²) in [7, 11) is 0. The second kappa shape index (κ2) is 5.63. The topological polar surface area (TPSA) is 46.1 Å². The van der Waals surface area contributed by atoms with E-state index in [2.05, 4.69) is 9.97 Å². The summed E-state index contributed by atoms with van der Waals surface area (Å²) in [4.78, 5) is 22.8. The molecule has 0 saturated carbocycles. The molecule has 1 aliphatic heterocycles. The second-order valence-corrected chi connectivity index (χ2v) is 5.76. The zero-order valence-corrected chi connectivity index (χ0v) is 12.7. The molecule has 4 nitrogen and oxygen atoms in total. The highest BCUT2D eigenvalue weighted by molar-refractivity contribution is 5.94. The third kappa shape index (κ3) is 2.50. The average Bonchev–Trinajstić information content (AvgIpc) is 2.59. The molecule has 0 fully saturated rings. The van der Waals surface area contributed by atoms with Crippen LogP contribution in [0.4, 0.5) is 8.78 Å². The Labute approximate surface area is 136 Å². The van der Waals surface area contributed by atoms with Gasteiger partial charge < -0.3 is 4.90 Å². The van der Waals surface area contributed by atoms with E-state index in [0.717, 1.165) is 34.3 Å². The van der Waals surface area contributed by atoms with Gasteiger partial charge in [-0.05, 0) is 29.8 Å². The summed E-state index contributed by atoms with van der Waals surface area (Å²) in [5, 5.41) is 0.901. The van der Waals surface area contributed by atoms with Gasteiger partial charge in [0.1, 0.15) is 11.6 Å². The fourth-order valence-electron chi connectivity index (χ4n) is 2.99. The molecule has 0 spiro atoms. The predicted octanol–water partition coefficient (Wildman–Crippen LogP) is 3.11.